The average molecular weight is 825 g/mol. The van der Waals surface area contributed by atoms with Gasteiger partial charge in [0.2, 0.25) is 11.4 Å². The fraction of sp³-hybridized carbons (Fsp3) is 0.271. The number of fused-ring (bicyclic) bond motifs is 1. The molecule has 0 saturated heterocycles. The molecular weight excluding hydrogens is 751 g/mol. The van der Waals surface area contributed by atoms with Crippen molar-refractivity contribution >= 4 is 16.9 Å². The molecule has 0 spiro atoms. The first-order chi connectivity index (χ1) is 30.0. The molecule has 4 heterocycles. The molecule has 0 aromatic carbocycles. The highest BCUT2D eigenvalue weighted by molar-refractivity contribution is 6.11. The summed E-state index contributed by atoms with van der Waals surface area (Å²) in [5.74, 6) is 0.527. The molecule has 324 valence electrons. The fourth-order valence-corrected chi connectivity index (χ4v) is 7.46. The van der Waals surface area contributed by atoms with Crippen molar-refractivity contribution in [2.24, 2.45) is 5.92 Å². The van der Waals surface area contributed by atoms with E-state index in [-0.39, 0.29) is 0 Å². The van der Waals surface area contributed by atoms with E-state index in [0.29, 0.717) is 5.92 Å². The minimum Gasteiger partial charge on any atom is -0.265 e. The third kappa shape index (κ3) is 14.2. The smallest absolute Gasteiger partial charge is 0.213 e. The Bertz CT molecular complexity index is 2320. The number of likely N-dealkylation sites (N-methyl/N-ethyl adjacent to an activating group) is 1. The molecule has 3 heteroatoms. The van der Waals surface area contributed by atoms with Crippen molar-refractivity contribution in [1.82, 2.24) is 9.97 Å². The lowest BCUT2D eigenvalue weighted by Crippen LogP contribution is -2.16. The third-order valence-corrected chi connectivity index (χ3v) is 10.3. The molecule has 0 radical (unpaired) electrons. The number of pyridine rings is 2. The normalized spacial score (nSPS) is 23.4. The van der Waals surface area contributed by atoms with Crippen LogP contribution in [-0.2, 0) is 0 Å². The zero-order valence-electron chi connectivity index (χ0n) is 40.3. The van der Waals surface area contributed by atoms with E-state index in [1.54, 1.807) is 0 Å². The molecule has 2 bridgehead atoms. The molecule has 4 rings (SSSR count). The molecule has 3 nitrogen and oxygen atoms in total. The van der Waals surface area contributed by atoms with Crippen LogP contribution >= 0.6 is 0 Å². The van der Waals surface area contributed by atoms with Gasteiger partial charge in [0, 0.05) is 36.9 Å². The van der Waals surface area contributed by atoms with Crippen LogP contribution < -0.4 is 0 Å². The first-order valence-electron chi connectivity index (χ1n) is 22.3. The molecule has 2 aliphatic rings. The standard InChI is InChI=1S/C55H62N3.2C2H6/c1-13-17-45(18-14-2)54-43(10)25-23-41(8)52(48-31-35-56-36-32-48)40(7)22-24-42(9)53(49-33-37-57-38-34-49)47(27-21-39(5)6)28-26-44(11)55(46(19-15-3)20-16-4)51-30-29-50(54)58(51)12;2*1-2/h13-20,22-26,28-39H,1,3,9,21,27H2,2,4-8,10-12H3;2*1-2H3/q+1;;/b18-14-,20-16-,24-22-,28-26-,41-23+,43-25+,45-17+,46-19+,52-40-,53-47-,54-50+,55-44+;;. The number of nitrogens with zero attached hydrogens (tertiary/aromatic N) is 3. The number of hydrogen-bond donors (Lipinski definition) is 0. The maximum Gasteiger partial charge on any atom is 0.213 e. The maximum atomic E-state index is 4.72. The van der Waals surface area contributed by atoms with Crippen LogP contribution in [0.3, 0.4) is 0 Å². The molecule has 0 N–H and O–H groups in total. The summed E-state index contributed by atoms with van der Waals surface area (Å²) < 4.78 is 2.32. The van der Waals surface area contributed by atoms with Crippen molar-refractivity contribution in [3.63, 3.8) is 0 Å². The Labute approximate surface area is 377 Å². The van der Waals surface area contributed by atoms with Gasteiger partial charge in [-0.2, -0.15) is 4.58 Å². The number of hydrogen-bond acceptors (Lipinski definition) is 2. The second kappa shape index (κ2) is 27.6. The summed E-state index contributed by atoms with van der Waals surface area (Å²) >= 11 is 0. The van der Waals surface area contributed by atoms with Gasteiger partial charge in [0.25, 0.3) is 0 Å². The summed E-state index contributed by atoms with van der Waals surface area (Å²) in [5.41, 5.74) is 17.8. The lowest BCUT2D eigenvalue weighted by molar-refractivity contribution is -0.434. The lowest BCUT2D eigenvalue weighted by atomic mass is 9.88. The predicted molar refractivity (Wildman–Crippen MR) is 276 cm³/mol. The molecule has 2 aromatic heterocycles. The zero-order valence-corrected chi connectivity index (χ0v) is 40.3. The molecule has 0 unspecified atom stereocenters. The maximum absolute atomic E-state index is 4.72. The van der Waals surface area contributed by atoms with Crippen molar-refractivity contribution < 1.29 is 4.58 Å². The Morgan fingerprint density at radius 1 is 0.645 bits per heavy atom. The van der Waals surface area contributed by atoms with Gasteiger partial charge in [0.1, 0.15) is 7.05 Å². The topological polar surface area (TPSA) is 28.8 Å². The van der Waals surface area contributed by atoms with Gasteiger partial charge in [-0.05, 0) is 151 Å². The van der Waals surface area contributed by atoms with Crippen molar-refractivity contribution in [1.29, 1.82) is 0 Å². The average Bonchev–Trinajstić information content (AvgIpc) is 3.64. The number of aromatic nitrogens is 2. The largest absolute Gasteiger partial charge is 0.265 e. The third-order valence-electron chi connectivity index (χ3n) is 10.3. The minimum absolute atomic E-state index is 0.527. The Kier molecular flexibility index (Phi) is 23.1. The van der Waals surface area contributed by atoms with E-state index in [4.69, 9.17) is 6.58 Å². The van der Waals surface area contributed by atoms with E-state index >= 15 is 0 Å². The highest BCUT2D eigenvalue weighted by Crippen LogP contribution is 2.35. The summed E-state index contributed by atoms with van der Waals surface area (Å²) in [5, 5.41) is 0. The lowest BCUT2D eigenvalue weighted by Gasteiger charge is -2.16. The minimum atomic E-state index is 0.527. The Morgan fingerprint density at radius 2 is 1.15 bits per heavy atom. The fourth-order valence-electron chi connectivity index (χ4n) is 7.46. The first kappa shape index (κ1) is 51.9. The summed E-state index contributed by atoms with van der Waals surface area (Å²) in [7, 11) is 2.17. The zero-order chi connectivity index (χ0) is 46.2. The highest BCUT2D eigenvalue weighted by atomic mass is 15.0. The molecule has 0 aliphatic carbocycles. The van der Waals surface area contributed by atoms with Gasteiger partial charge in [-0.1, -0.05) is 146 Å². The summed E-state index contributed by atoms with van der Waals surface area (Å²) in [4.78, 5) is 8.72. The first-order valence-corrected chi connectivity index (χ1v) is 22.3. The summed E-state index contributed by atoms with van der Waals surface area (Å²) in [6.45, 7) is 38.4. The van der Waals surface area contributed by atoms with Crippen LogP contribution in [0.2, 0.25) is 0 Å². The van der Waals surface area contributed by atoms with Crippen molar-refractivity contribution in [3.8, 4) is 0 Å². The second-order valence-electron chi connectivity index (χ2n) is 15.1. The Hall–Kier alpha value is -6.19. The number of allylic oxidation sites excluding steroid dienone is 28. The number of rotatable bonds is 11. The predicted octanol–water partition coefficient (Wildman–Crippen LogP) is 16.4. The van der Waals surface area contributed by atoms with Crippen LogP contribution in [0.1, 0.15) is 107 Å². The van der Waals surface area contributed by atoms with Crippen molar-refractivity contribution in [2.75, 3.05) is 7.05 Å². The van der Waals surface area contributed by atoms with E-state index in [2.05, 4.69) is 199 Å². The van der Waals surface area contributed by atoms with Crippen LogP contribution in [0.4, 0.5) is 0 Å². The van der Waals surface area contributed by atoms with Crippen LogP contribution in [-0.4, -0.2) is 27.3 Å². The van der Waals surface area contributed by atoms with Crippen LogP contribution in [0.15, 0.2) is 227 Å². The van der Waals surface area contributed by atoms with E-state index in [0.717, 1.165) is 96.7 Å². The highest BCUT2D eigenvalue weighted by Gasteiger charge is 2.29. The van der Waals surface area contributed by atoms with Gasteiger partial charge < -0.3 is 0 Å². The SMILES string of the molecule is C=C/C=C(\C=C/C)/C1=C(C)\C=C/C(CCC(C)C)=C(\c2ccncc2)C(=C)\C=C/C(C)=C(c2ccncc2)/C(C)=C/C=C(C)/C(C(/C=C\C)=C/C=C)=C2/C=CC1=[N+]2C.CC.CC. The van der Waals surface area contributed by atoms with E-state index in [9.17, 15) is 0 Å². The van der Waals surface area contributed by atoms with Gasteiger partial charge in [-0.3, -0.25) is 9.97 Å². The molecule has 62 heavy (non-hydrogen) atoms. The van der Waals surface area contributed by atoms with Gasteiger partial charge in [0.15, 0.2) is 0 Å². The quantitative estimate of drug-likeness (QED) is 0.167. The molecule has 0 saturated carbocycles. The summed E-state index contributed by atoms with van der Waals surface area (Å²) in [6, 6.07) is 8.34. The van der Waals surface area contributed by atoms with Crippen molar-refractivity contribution in [3.05, 3.63) is 239 Å². The molecule has 0 atom stereocenters. The molecular formula is C59H74N3+. The van der Waals surface area contributed by atoms with E-state index < -0.39 is 0 Å². The van der Waals surface area contributed by atoms with Gasteiger partial charge in [0.05, 0.1) is 11.1 Å². The van der Waals surface area contributed by atoms with Gasteiger partial charge in [-0.25, -0.2) is 0 Å². The van der Waals surface area contributed by atoms with E-state index in [1.165, 1.54) is 5.57 Å². The molecule has 2 aliphatic heterocycles. The monoisotopic (exact) mass is 825 g/mol. The van der Waals surface area contributed by atoms with Gasteiger partial charge >= 0.3 is 0 Å². The van der Waals surface area contributed by atoms with Crippen LogP contribution in [0, 0.1) is 5.92 Å². The van der Waals surface area contributed by atoms with Crippen molar-refractivity contribution in [2.45, 2.75) is 95.9 Å². The molecule has 0 fully saturated rings. The Morgan fingerprint density at radius 3 is 1.66 bits per heavy atom. The van der Waals surface area contributed by atoms with Crippen LogP contribution in [0.25, 0.3) is 11.1 Å². The molecule has 2 aromatic rings. The molecule has 0 amide bonds. The second-order valence-corrected chi connectivity index (χ2v) is 15.1. The van der Waals surface area contributed by atoms with E-state index in [1.807, 2.05) is 64.6 Å². The van der Waals surface area contributed by atoms with Crippen LogP contribution in [0.5, 0.6) is 0 Å². The Balaban J connectivity index is 0.00000321. The summed E-state index contributed by atoms with van der Waals surface area (Å²) in [6.07, 6.45) is 43.7. The van der Waals surface area contributed by atoms with Gasteiger partial charge in [-0.15, -0.1) is 0 Å².